The van der Waals surface area contributed by atoms with Crippen molar-refractivity contribution in [3.63, 3.8) is 0 Å². The molecule has 1 aliphatic heterocycles. The molecule has 0 radical (unpaired) electrons. The number of carbonyl (C=O) groups excluding carboxylic acids is 2. The number of hydrogen-bond acceptors (Lipinski definition) is 7. The Hall–Kier alpha value is -3.20. The standard InChI is InChI=1S/C30H40FN3O5/c1-16-8-10-19(11-9-16)34-28(35)25-17(2)22(20-12-13-21-26(24(20)31)32-14-15-38-21)23(18(3)33-25)27(29(36)37-7)39-30(4,5)6/h12-13,16,19,27,32H,8-11,14-15H2,1-7H3,(H,34,35)/t16?,19?,27-/m0/s1. The number of fused-ring (bicyclic) bond motifs is 1. The van der Waals surface area contributed by atoms with Gasteiger partial charge in [0.15, 0.2) is 11.9 Å². The summed E-state index contributed by atoms with van der Waals surface area (Å²) >= 11 is 0. The number of halogens is 1. The quantitative estimate of drug-likeness (QED) is 0.456. The van der Waals surface area contributed by atoms with E-state index in [4.69, 9.17) is 14.2 Å². The Labute approximate surface area is 230 Å². The highest BCUT2D eigenvalue weighted by molar-refractivity contribution is 5.97. The Morgan fingerprint density at radius 2 is 1.87 bits per heavy atom. The molecule has 9 heteroatoms. The van der Waals surface area contributed by atoms with Crippen LogP contribution in [0.15, 0.2) is 12.1 Å². The fraction of sp³-hybridized carbons (Fsp3) is 0.567. The largest absolute Gasteiger partial charge is 0.489 e. The molecule has 8 nitrogen and oxygen atoms in total. The van der Waals surface area contributed by atoms with Crippen LogP contribution < -0.4 is 15.4 Å². The van der Waals surface area contributed by atoms with Crippen molar-refractivity contribution < 1.29 is 28.2 Å². The highest BCUT2D eigenvalue weighted by Crippen LogP contribution is 2.43. The van der Waals surface area contributed by atoms with Crippen molar-refractivity contribution in [2.75, 3.05) is 25.6 Å². The number of nitrogens with zero attached hydrogens (tertiary/aromatic N) is 1. The van der Waals surface area contributed by atoms with Gasteiger partial charge in [-0.1, -0.05) is 6.92 Å². The third-order valence-electron chi connectivity index (χ3n) is 7.42. The Balaban J connectivity index is 1.90. The Morgan fingerprint density at radius 1 is 1.18 bits per heavy atom. The molecule has 1 aromatic heterocycles. The number of hydrogen-bond donors (Lipinski definition) is 2. The van der Waals surface area contributed by atoms with Crippen LogP contribution in [-0.4, -0.2) is 48.8 Å². The highest BCUT2D eigenvalue weighted by Gasteiger charge is 2.36. The summed E-state index contributed by atoms with van der Waals surface area (Å²) in [4.78, 5) is 31.3. The van der Waals surface area contributed by atoms with E-state index in [2.05, 4.69) is 22.5 Å². The van der Waals surface area contributed by atoms with Crippen LogP contribution in [0.2, 0.25) is 0 Å². The summed E-state index contributed by atoms with van der Waals surface area (Å²) in [5.41, 5.74) is 1.53. The number of pyridine rings is 1. The molecule has 0 spiro atoms. The molecule has 2 N–H and O–H groups in total. The van der Waals surface area contributed by atoms with E-state index in [-0.39, 0.29) is 28.9 Å². The Morgan fingerprint density at radius 3 is 2.51 bits per heavy atom. The number of aryl methyl sites for hydroxylation is 1. The van der Waals surface area contributed by atoms with Crippen molar-refractivity contribution in [3.05, 3.63) is 40.5 Å². The minimum Gasteiger partial charge on any atom is -0.489 e. The normalized spacial score (nSPS) is 19.8. The Bertz CT molecular complexity index is 1250. The van der Waals surface area contributed by atoms with Crippen LogP contribution in [0.1, 0.15) is 86.8 Å². The topological polar surface area (TPSA) is 98.8 Å². The van der Waals surface area contributed by atoms with E-state index < -0.39 is 23.5 Å². The number of methoxy groups -OCH3 is 1. The molecule has 212 valence electrons. The molecule has 1 atom stereocenters. The number of carbonyl (C=O) groups is 2. The fourth-order valence-electron chi connectivity index (χ4n) is 5.42. The molecule has 2 heterocycles. The summed E-state index contributed by atoms with van der Waals surface area (Å²) in [5, 5.41) is 6.21. The SMILES string of the molecule is COC(=O)[C@@H](OC(C)(C)C)c1c(C)nc(C(=O)NC2CCC(C)CC2)c(C)c1-c1ccc2c(c1F)NCCO2. The number of aromatic nitrogens is 1. The summed E-state index contributed by atoms with van der Waals surface area (Å²) < 4.78 is 33.1. The lowest BCUT2D eigenvalue weighted by Crippen LogP contribution is -2.38. The molecule has 1 fully saturated rings. The maximum Gasteiger partial charge on any atom is 0.339 e. The van der Waals surface area contributed by atoms with Crippen molar-refractivity contribution in [3.8, 4) is 16.9 Å². The lowest BCUT2D eigenvalue weighted by atomic mass is 9.87. The molecule has 1 amide bonds. The van der Waals surface area contributed by atoms with Gasteiger partial charge in [-0.15, -0.1) is 0 Å². The van der Waals surface area contributed by atoms with Crippen molar-refractivity contribution in [1.82, 2.24) is 10.3 Å². The number of benzene rings is 1. The van der Waals surface area contributed by atoms with Crippen LogP contribution in [0.5, 0.6) is 5.75 Å². The maximum absolute atomic E-state index is 16.1. The van der Waals surface area contributed by atoms with E-state index in [1.807, 2.05) is 20.8 Å². The lowest BCUT2D eigenvalue weighted by Gasteiger charge is -2.30. The second-order valence-corrected chi connectivity index (χ2v) is 11.6. The second-order valence-electron chi connectivity index (χ2n) is 11.6. The van der Waals surface area contributed by atoms with Gasteiger partial charge in [0.2, 0.25) is 0 Å². The van der Waals surface area contributed by atoms with Crippen LogP contribution in [-0.2, 0) is 14.3 Å². The lowest BCUT2D eigenvalue weighted by molar-refractivity contribution is -0.164. The molecule has 0 unspecified atom stereocenters. The molecule has 2 aromatic rings. The molecule has 1 aliphatic carbocycles. The number of ether oxygens (including phenoxy) is 3. The molecule has 39 heavy (non-hydrogen) atoms. The predicted octanol–water partition coefficient (Wildman–Crippen LogP) is 5.65. The van der Waals surface area contributed by atoms with Crippen molar-refractivity contribution in [1.29, 1.82) is 0 Å². The highest BCUT2D eigenvalue weighted by atomic mass is 19.1. The number of rotatable bonds is 6. The van der Waals surface area contributed by atoms with Crippen LogP contribution >= 0.6 is 0 Å². The first-order chi connectivity index (χ1) is 18.4. The van der Waals surface area contributed by atoms with Gasteiger partial charge in [0.25, 0.3) is 5.91 Å². The molecule has 0 saturated heterocycles. The summed E-state index contributed by atoms with van der Waals surface area (Å²) in [6, 6.07) is 3.37. The average molecular weight is 542 g/mol. The smallest absolute Gasteiger partial charge is 0.339 e. The average Bonchev–Trinajstić information content (AvgIpc) is 2.89. The molecule has 1 saturated carbocycles. The summed E-state index contributed by atoms with van der Waals surface area (Å²) in [5.74, 6) is -0.423. The zero-order valence-corrected chi connectivity index (χ0v) is 24.0. The molecular formula is C30H40FN3O5. The van der Waals surface area contributed by atoms with Gasteiger partial charge in [-0.25, -0.2) is 14.2 Å². The Kier molecular flexibility index (Phi) is 8.49. The zero-order valence-electron chi connectivity index (χ0n) is 24.0. The van der Waals surface area contributed by atoms with Crippen molar-refractivity contribution >= 4 is 17.6 Å². The predicted molar refractivity (Wildman–Crippen MR) is 148 cm³/mol. The van der Waals surface area contributed by atoms with Gasteiger partial charge >= 0.3 is 5.97 Å². The summed E-state index contributed by atoms with van der Waals surface area (Å²) in [6.45, 7) is 12.0. The van der Waals surface area contributed by atoms with Gasteiger partial charge in [0, 0.05) is 29.4 Å². The third-order valence-corrected chi connectivity index (χ3v) is 7.42. The van der Waals surface area contributed by atoms with Crippen LogP contribution in [0.25, 0.3) is 11.1 Å². The van der Waals surface area contributed by atoms with E-state index in [9.17, 15) is 9.59 Å². The molecular weight excluding hydrogens is 501 g/mol. The van der Waals surface area contributed by atoms with Gasteiger partial charge in [0.05, 0.1) is 12.7 Å². The van der Waals surface area contributed by atoms with E-state index in [1.165, 1.54) is 7.11 Å². The van der Waals surface area contributed by atoms with Crippen LogP contribution in [0.4, 0.5) is 10.1 Å². The molecule has 4 rings (SSSR count). The first-order valence-corrected chi connectivity index (χ1v) is 13.7. The van der Waals surface area contributed by atoms with Crippen molar-refractivity contribution in [2.45, 2.75) is 85.0 Å². The minimum atomic E-state index is -1.19. The second kappa shape index (κ2) is 11.5. The first kappa shape index (κ1) is 28.8. The van der Waals surface area contributed by atoms with Gasteiger partial charge in [-0.05, 0) is 89.5 Å². The van der Waals surface area contributed by atoms with E-state index >= 15 is 4.39 Å². The molecule has 0 bridgehead atoms. The number of anilines is 1. The van der Waals surface area contributed by atoms with Crippen LogP contribution in [0.3, 0.4) is 0 Å². The number of esters is 1. The summed E-state index contributed by atoms with van der Waals surface area (Å²) in [7, 11) is 1.28. The monoisotopic (exact) mass is 541 g/mol. The van der Waals surface area contributed by atoms with Gasteiger partial charge in [-0.3, -0.25) is 4.79 Å². The van der Waals surface area contributed by atoms with Gasteiger partial charge < -0.3 is 24.8 Å². The maximum atomic E-state index is 16.1. The van der Waals surface area contributed by atoms with Gasteiger partial charge in [0.1, 0.15) is 23.7 Å². The summed E-state index contributed by atoms with van der Waals surface area (Å²) in [6.07, 6.45) is 2.74. The molecule has 2 aliphatic rings. The molecule has 1 aromatic carbocycles. The van der Waals surface area contributed by atoms with E-state index in [0.717, 1.165) is 25.7 Å². The van der Waals surface area contributed by atoms with Crippen LogP contribution in [0, 0.1) is 25.6 Å². The minimum absolute atomic E-state index is 0.0622. The fourth-order valence-corrected chi connectivity index (χ4v) is 5.42. The zero-order chi connectivity index (χ0) is 28.5. The third kappa shape index (κ3) is 6.19. The first-order valence-electron chi connectivity index (χ1n) is 13.7. The van der Waals surface area contributed by atoms with Gasteiger partial charge in [-0.2, -0.15) is 0 Å². The number of amides is 1. The van der Waals surface area contributed by atoms with Crippen molar-refractivity contribution in [2.24, 2.45) is 5.92 Å². The number of nitrogens with one attached hydrogen (secondary N) is 2. The van der Waals surface area contributed by atoms with E-state index in [1.54, 1.807) is 26.0 Å². The van der Waals surface area contributed by atoms with E-state index in [0.29, 0.717) is 47.2 Å².